The zero-order valence-electron chi connectivity index (χ0n) is 26.5. The number of nitrogens with zero attached hydrogens (tertiary/aromatic N) is 7. The van der Waals surface area contributed by atoms with Crippen molar-refractivity contribution in [1.82, 2.24) is 14.9 Å². The Bertz CT molecular complexity index is 1660. The molecule has 6 rings (SSSR count). The highest BCUT2D eigenvalue weighted by Gasteiger charge is 2.27. The zero-order valence-corrected chi connectivity index (χ0v) is 26.5. The minimum atomic E-state index is 0.402. The van der Waals surface area contributed by atoms with Gasteiger partial charge >= 0.3 is 6.01 Å². The van der Waals surface area contributed by atoms with Crippen LogP contribution in [0.25, 0.3) is 10.8 Å². The zero-order chi connectivity index (χ0) is 30.5. The lowest BCUT2D eigenvalue weighted by Gasteiger charge is -2.33. The van der Waals surface area contributed by atoms with Gasteiger partial charge in [-0.05, 0) is 69.3 Å². The summed E-state index contributed by atoms with van der Waals surface area (Å²) in [5.74, 6) is 0.935. The summed E-state index contributed by atoms with van der Waals surface area (Å²) in [6.07, 6.45) is 3.22. The molecule has 228 valence electrons. The van der Waals surface area contributed by atoms with Gasteiger partial charge in [0.25, 0.3) is 0 Å². The van der Waals surface area contributed by atoms with Crippen LogP contribution < -0.4 is 14.5 Å². The summed E-state index contributed by atoms with van der Waals surface area (Å²) in [7, 11) is 4.25. The van der Waals surface area contributed by atoms with E-state index in [1.165, 1.54) is 39.6 Å². The Labute approximate surface area is 261 Å². The first-order valence-electron chi connectivity index (χ1n) is 15.8. The molecule has 3 heterocycles. The predicted octanol–water partition coefficient (Wildman–Crippen LogP) is 6.09. The molecule has 8 heteroatoms. The molecule has 2 aliphatic rings. The van der Waals surface area contributed by atoms with E-state index in [0.717, 1.165) is 49.6 Å². The smallest absolute Gasteiger partial charge is 0.318 e. The van der Waals surface area contributed by atoms with Crippen LogP contribution in [-0.2, 0) is 19.5 Å². The Morgan fingerprint density at radius 1 is 1.00 bits per heavy atom. The number of ether oxygens (including phenoxy) is 1. The number of fused-ring (bicyclic) bond motifs is 2. The molecule has 0 saturated carbocycles. The molecule has 0 amide bonds. The van der Waals surface area contributed by atoms with Crippen molar-refractivity contribution in [3.05, 3.63) is 88.6 Å². The van der Waals surface area contributed by atoms with Gasteiger partial charge in [0.15, 0.2) is 0 Å². The van der Waals surface area contributed by atoms with Crippen molar-refractivity contribution < 1.29 is 4.74 Å². The molecule has 44 heavy (non-hydrogen) atoms. The molecule has 0 N–H and O–H groups in total. The number of benzene rings is 3. The number of aryl methyl sites for hydroxylation is 2. The number of aromatic nitrogens is 2. The fourth-order valence-electron chi connectivity index (χ4n) is 6.33. The molecule has 0 unspecified atom stereocenters. The molecule has 0 aliphatic carbocycles. The summed E-state index contributed by atoms with van der Waals surface area (Å²) in [4.78, 5) is 25.8. The van der Waals surface area contributed by atoms with E-state index in [0.29, 0.717) is 38.3 Å². The minimum Gasteiger partial charge on any atom is -0.462 e. The largest absolute Gasteiger partial charge is 0.462 e. The first-order chi connectivity index (χ1) is 21.5. The molecular weight excluding hydrogens is 546 g/mol. The van der Waals surface area contributed by atoms with Gasteiger partial charge in [-0.25, -0.2) is 9.98 Å². The second kappa shape index (κ2) is 13.6. The Morgan fingerprint density at radius 3 is 2.61 bits per heavy atom. The fraction of sp³-hybridized carbons (Fsp3) is 0.417. The van der Waals surface area contributed by atoms with E-state index < -0.39 is 0 Å². The number of aliphatic imine (C=N–C) groups is 2. The third kappa shape index (κ3) is 6.77. The molecule has 2 aliphatic heterocycles. The molecule has 0 bridgehead atoms. The first kappa shape index (κ1) is 29.8. The van der Waals surface area contributed by atoms with Gasteiger partial charge in [-0.1, -0.05) is 60.2 Å². The molecule has 0 radical (unpaired) electrons. The van der Waals surface area contributed by atoms with Crippen LogP contribution in [0, 0.1) is 13.8 Å². The summed E-state index contributed by atoms with van der Waals surface area (Å²) >= 11 is 0. The van der Waals surface area contributed by atoms with Gasteiger partial charge in [-0.3, -0.25) is 0 Å². The van der Waals surface area contributed by atoms with Gasteiger partial charge in [0.05, 0.1) is 31.3 Å². The number of rotatable bonds is 10. The average molecular weight is 590 g/mol. The Morgan fingerprint density at radius 2 is 1.82 bits per heavy atom. The molecule has 3 aromatic carbocycles. The van der Waals surface area contributed by atoms with Crippen molar-refractivity contribution in [3.63, 3.8) is 0 Å². The van der Waals surface area contributed by atoms with E-state index in [4.69, 9.17) is 14.7 Å². The standard InChI is InChI=1S/C36H43N7O/c1-26-13-15-28(16-14-26)22-38-25-37-18-21-42(4)35-31-17-20-43(33-12-6-10-29-9-5-8-27(2)34(29)33)23-32(31)39-36(40-35)44-24-30-11-7-19-41(30)3/h5-6,8-10,12-16,30H,7,11,17-24H2,1-4H3/t30-/m0/s1. The monoisotopic (exact) mass is 589 g/mol. The van der Waals surface area contributed by atoms with Gasteiger partial charge < -0.3 is 19.4 Å². The van der Waals surface area contributed by atoms with Crippen molar-refractivity contribution >= 4 is 28.3 Å². The summed E-state index contributed by atoms with van der Waals surface area (Å²) < 4.78 is 6.29. The van der Waals surface area contributed by atoms with Gasteiger partial charge in [-0.15, -0.1) is 0 Å². The van der Waals surface area contributed by atoms with Crippen LogP contribution >= 0.6 is 0 Å². The van der Waals surface area contributed by atoms with Gasteiger partial charge in [0, 0.05) is 42.8 Å². The number of hydrogen-bond donors (Lipinski definition) is 0. The summed E-state index contributed by atoms with van der Waals surface area (Å²) in [6.45, 7) is 9.49. The Hall–Kier alpha value is -4.26. The number of likely N-dealkylation sites (N-methyl/N-ethyl adjacent to an activating group) is 2. The molecule has 4 aromatic rings. The number of hydrogen-bond acceptors (Lipinski definition) is 8. The second-order valence-electron chi connectivity index (χ2n) is 12.2. The maximum atomic E-state index is 6.29. The van der Waals surface area contributed by atoms with E-state index in [9.17, 15) is 0 Å². The lowest BCUT2D eigenvalue weighted by molar-refractivity contribution is 0.187. The molecule has 0 spiro atoms. The van der Waals surface area contributed by atoms with Gasteiger partial charge in [-0.2, -0.15) is 9.97 Å². The second-order valence-corrected chi connectivity index (χ2v) is 12.2. The maximum absolute atomic E-state index is 6.29. The van der Waals surface area contributed by atoms with E-state index >= 15 is 0 Å². The molecular formula is C36H43N7O. The van der Waals surface area contributed by atoms with Crippen LogP contribution in [0.3, 0.4) is 0 Å². The molecule has 8 nitrogen and oxygen atoms in total. The number of anilines is 2. The van der Waals surface area contributed by atoms with Crippen LogP contribution in [0.5, 0.6) is 6.01 Å². The first-order valence-corrected chi connectivity index (χ1v) is 15.8. The van der Waals surface area contributed by atoms with Crippen molar-refractivity contribution in [3.8, 4) is 6.01 Å². The molecule has 1 saturated heterocycles. The Kier molecular flexibility index (Phi) is 9.20. The summed E-state index contributed by atoms with van der Waals surface area (Å²) in [6, 6.07) is 25.3. The van der Waals surface area contributed by atoms with Crippen LogP contribution in [0.2, 0.25) is 0 Å². The molecule has 1 aromatic heterocycles. The minimum absolute atomic E-state index is 0.402. The summed E-state index contributed by atoms with van der Waals surface area (Å²) in [5, 5.41) is 2.58. The quantitative estimate of drug-likeness (QED) is 0.209. The number of likely N-dealkylation sites (tertiary alicyclic amines) is 1. The van der Waals surface area contributed by atoms with Crippen molar-refractivity contribution in [2.75, 3.05) is 56.7 Å². The Balaban J connectivity index is 1.21. The van der Waals surface area contributed by atoms with Crippen molar-refractivity contribution in [2.45, 2.75) is 52.2 Å². The third-order valence-electron chi connectivity index (χ3n) is 8.96. The van der Waals surface area contributed by atoms with E-state index in [2.05, 4.69) is 119 Å². The lowest BCUT2D eigenvalue weighted by atomic mass is 10.00. The van der Waals surface area contributed by atoms with E-state index in [-0.39, 0.29) is 0 Å². The van der Waals surface area contributed by atoms with E-state index in [1.54, 1.807) is 0 Å². The molecule has 1 atom stereocenters. The fourth-order valence-corrected chi connectivity index (χ4v) is 6.33. The average Bonchev–Trinajstić information content (AvgIpc) is 3.45. The highest BCUT2D eigenvalue weighted by Crippen LogP contribution is 2.35. The van der Waals surface area contributed by atoms with Crippen LogP contribution in [0.4, 0.5) is 11.5 Å². The van der Waals surface area contributed by atoms with Gasteiger partial charge in [0.1, 0.15) is 12.4 Å². The van der Waals surface area contributed by atoms with Crippen LogP contribution in [0.15, 0.2) is 70.6 Å². The topological polar surface area (TPSA) is 69.5 Å². The molecule has 1 fully saturated rings. The van der Waals surface area contributed by atoms with Crippen molar-refractivity contribution in [1.29, 1.82) is 0 Å². The van der Waals surface area contributed by atoms with Crippen molar-refractivity contribution in [2.24, 2.45) is 9.98 Å². The van der Waals surface area contributed by atoms with Crippen LogP contribution in [-0.4, -0.2) is 73.8 Å². The lowest BCUT2D eigenvalue weighted by Crippen LogP contribution is -2.35. The van der Waals surface area contributed by atoms with Gasteiger partial charge in [0.2, 0.25) is 0 Å². The highest BCUT2D eigenvalue weighted by atomic mass is 16.5. The third-order valence-corrected chi connectivity index (χ3v) is 8.96. The van der Waals surface area contributed by atoms with E-state index in [1.807, 2.05) is 0 Å². The predicted molar refractivity (Wildman–Crippen MR) is 180 cm³/mol. The normalized spacial score (nSPS) is 16.5. The SMILES string of the molecule is Cc1ccc(CN=C=NCCN(C)c2nc(OC[C@@H]3CCCN3C)nc3c2CCN(c2cccc4cccc(C)c24)C3)cc1. The highest BCUT2D eigenvalue weighted by molar-refractivity contribution is 5.97. The maximum Gasteiger partial charge on any atom is 0.318 e. The summed E-state index contributed by atoms with van der Waals surface area (Å²) in [5.41, 5.74) is 7.19. The van der Waals surface area contributed by atoms with Crippen LogP contribution in [0.1, 0.15) is 40.8 Å².